The van der Waals surface area contributed by atoms with Crippen LogP contribution in [0.3, 0.4) is 0 Å². The van der Waals surface area contributed by atoms with Gasteiger partial charge in [0.1, 0.15) is 0 Å². The Kier molecular flexibility index (Phi) is 4.84. The molecular formula is C14H17N3O3. The standard InChI is InChI=1S/C14H17N3O3/c1-10-5-2-3-6-11(10)14-16-12(20-17-14)9-15-8-4-7-13(18)19/h2-3,5-6,15H,4,7-9H2,1H3,(H,18,19). The molecule has 0 radical (unpaired) electrons. The highest BCUT2D eigenvalue weighted by molar-refractivity contribution is 5.66. The van der Waals surface area contributed by atoms with Crippen LogP contribution in [0.1, 0.15) is 24.3 Å². The maximum Gasteiger partial charge on any atom is 0.303 e. The minimum absolute atomic E-state index is 0.158. The number of carboxylic acids is 1. The van der Waals surface area contributed by atoms with Crippen molar-refractivity contribution in [3.8, 4) is 11.4 Å². The van der Waals surface area contributed by atoms with E-state index in [1.165, 1.54) is 0 Å². The highest BCUT2D eigenvalue weighted by Crippen LogP contribution is 2.19. The first-order chi connectivity index (χ1) is 9.66. The van der Waals surface area contributed by atoms with Gasteiger partial charge in [-0.2, -0.15) is 4.98 Å². The number of nitrogens with zero attached hydrogens (tertiary/aromatic N) is 2. The molecule has 1 aromatic carbocycles. The molecule has 106 valence electrons. The second-order valence-electron chi connectivity index (χ2n) is 4.50. The van der Waals surface area contributed by atoms with Gasteiger partial charge in [0.25, 0.3) is 0 Å². The third kappa shape index (κ3) is 3.89. The zero-order valence-electron chi connectivity index (χ0n) is 11.3. The molecule has 6 heteroatoms. The molecule has 0 aliphatic rings. The van der Waals surface area contributed by atoms with Crippen LogP contribution < -0.4 is 5.32 Å². The van der Waals surface area contributed by atoms with Crippen LogP contribution in [-0.2, 0) is 11.3 Å². The summed E-state index contributed by atoms with van der Waals surface area (Å²) in [4.78, 5) is 14.7. The number of benzene rings is 1. The summed E-state index contributed by atoms with van der Waals surface area (Å²) in [7, 11) is 0. The van der Waals surface area contributed by atoms with Crippen LogP contribution in [0.15, 0.2) is 28.8 Å². The Morgan fingerprint density at radius 2 is 2.20 bits per heavy atom. The number of nitrogens with one attached hydrogen (secondary N) is 1. The smallest absolute Gasteiger partial charge is 0.303 e. The molecule has 2 rings (SSSR count). The van der Waals surface area contributed by atoms with E-state index >= 15 is 0 Å². The molecule has 0 bridgehead atoms. The predicted molar refractivity (Wildman–Crippen MR) is 73.0 cm³/mol. The molecule has 2 aromatic rings. The fourth-order valence-corrected chi connectivity index (χ4v) is 1.82. The molecule has 0 spiro atoms. The fraction of sp³-hybridized carbons (Fsp3) is 0.357. The molecule has 1 heterocycles. The third-order valence-electron chi connectivity index (χ3n) is 2.87. The maximum absolute atomic E-state index is 10.4. The van der Waals surface area contributed by atoms with Crippen molar-refractivity contribution >= 4 is 5.97 Å². The van der Waals surface area contributed by atoms with Crippen LogP contribution in [0.25, 0.3) is 11.4 Å². The van der Waals surface area contributed by atoms with E-state index in [0.29, 0.717) is 31.2 Å². The second-order valence-corrected chi connectivity index (χ2v) is 4.50. The van der Waals surface area contributed by atoms with Crippen molar-refractivity contribution in [1.82, 2.24) is 15.5 Å². The van der Waals surface area contributed by atoms with Crippen LogP contribution in [0.4, 0.5) is 0 Å². The Labute approximate surface area is 116 Å². The summed E-state index contributed by atoms with van der Waals surface area (Å²) < 4.78 is 5.16. The number of carbonyl (C=O) groups is 1. The van der Waals surface area contributed by atoms with Gasteiger partial charge in [0, 0.05) is 12.0 Å². The van der Waals surface area contributed by atoms with E-state index in [2.05, 4.69) is 15.5 Å². The average Bonchev–Trinajstić information content (AvgIpc) is 2.87. The highest BCUT2D eigenvalue weighted by atomic mass is 16.5. The lowest BCUT2D eigenvalue weighted by molar-refractivity contribution is -0.137. The minimum Gasteiger partial charge on any atom is -0.481 e. The van der Waals surface area contributed by atoms with E-state index in [1.807, 2.05) is 31.2 Å². The Hall–Kier alpha value is -2.21. The maximum atomic E-state index is 10.4. The van der Waals surface area contributed by atoms with E-state index < -0.39 is 5.97 Å². The normalized spacial score (nSPS) is 10.7. The SMILES string of the molecule is Cc1ccccc1-c1noc(CNCCCC(=O)O)n1. The first-order valence-corrected chi connectivity index (χ1v) is 6.48. The van der Waals surface area contributed by atoms with Crippen LogP contribution in [0.5, 0.6) is 0 Å². The van der Waals surface area contributed by atoms with Gasteiger partial charge in [-0.15, -0.1) is 0 Å². The van der Waals surface area contributed by atoms with Crippen molar-refractivity contribution in [2.24, 2.45) is 0 Å². The highest BCUT2D eigenvalue weighted by Gasteiger charge is 2.09. The summed E-state index contributed by atoms with van der Waals surface area (Å²) in [6.45, 7) is 3.04. The number of hydrogen-bond acceptors (Lipinski definition) is 5. The first kappa shape index (κ1) is 14.2. The summed E-state index contributed by atoms with van der Waals surface area (Å²) in [6.07, 6.45) is 0.736. The summed E-state index contributed by atoms with van der Waals surface area (Å²) >= 11 is 0. The lowest BCUT2D eigenvalue weighted by Crippen LogP contribution is -2.15. The van der Waals surface area contributed by atoms with Gasteiger partial charge in [-0.25, -0.2) is 0 Å². The Balaban J connectivity index is 1.87. The van der Waals surface area contributed by atoms with Crippen molar-refractivity contribution < 1.29 is 14.4 Å². The zero-order valence-corrected chi connectivity index (χ0v) is 11.3. The molecule has 6 nitrogen and oxygen atoms in total. The molecule has 1 aromatic heterocycles. The Morgan fingerprint density at radius 1 is 1.40 bits per heavy atom. The molecule has 0 aliphatic carbocycles. The molecule has 0 unspecified atom stereocenters. The molecule has 0 saturated heterocycles. The molecule has 0 atom stereocenters. The van der Waals surface area contributed by atoms with E-state index in [9.17, 15) is 4.79 Å². The number of aromatic nitrogens is 2. The van der Waals surface area contributed by atoms with E-state index in [4.69, 9.17) is 9.63 Å². The van der Waals surface area contributed by atoms with E-state index in [1.54, 1.807) is 0 Å². The first-order valence-electron chi connectivity index (χ1n) is 6.48. The number of carboxylic acid groups (broad SMARTS) is 1. The predicted octanol–water partition coefficient (Wildman–Crippen LogP) is 2.00. The third-order valence-corrected chi connectivity index (χ3v) is 2.87. The summed E-state index contributed by atoms with van der Waals surface area (Å²) in [5.41, 5.74) is 2.04. The van der Waals surface area contributed by atoms with Crippen molar-refractivity contribution in [2.75, 3.05) is 6.54 Å². The van der Waals surface area contributed by atoms with Gasteiger partial charge in [0.05, 0.1) is 6.54 Å². The monoisotopic (exact) mass is 275 g/mol. The van der Waals surface area contributed by atoms with Gasteiger partial charge in [-0.1, -0.05) is 29.4 Å². The van der Waals surface area contributed by atoms with Gasteiger partial charge in [-0.3, -0.25) is 4.79 Å². The number of rotatable bonds is 7. The zero-order chi connectivity index (χ0) is 14.4. The van der Waals surface area contributed by atoms with Crippen molar-refractivity contribution in [3.05, 3.63) is 35.7 Å². The van der Waals surface area contributed by atoms with E-state index in [0.717, 1.165) is 11.1 Å². The summed E-state index contributed by atoms with van der Waals surface area (Å²) in [5, 5.41) is 15.5. The molecule has 0 fully saturated rings. The quantitative estimate of drug-likeness (QED) is 0.751. The van der Waals surface area contributed by atoms with Crippen molar-refractivity contribution in [1.29, 1.82) is 0 Å². The van der Waals surface area contributed by atoms with Gasteiger partial charge in [-0.05, 0) is 25.5 Å². The van der Waals surface area contributed by atoms with Crippen molar-refractivity contribution in [2.45, 2.75) is 26.3 Å². The Morgan fingerprint density at radius 3 is 2.95 bits per heavy atom. The molecule has 2 N–H and O–H groups in total. The van der Waals surface area contributed by atoms with E-state index in [-0.39, 0.29) is 6.42 Å². The van der Waals surface area contributed by atoms with Gasteiger partial charge in [0.15, 0.2) is 0 Å². The minimum atomic E-state index is -0.786. The van der Waals surface area contributed by atoms with Gasteiger partial charge < -0.3 is 14.9 Å². The number of aryl methyl sites for hydroxylation is 1. The van der Waals surface area contributed by atoms with Gasteiger partial charge in [0.2, 0.25) is 11.7 Å². The lowest BCUT2D eigenvalue weighted by atomic mass is 10.1. The second kappa shape index (κ2) is 6.81. The molecular weight excluding hydrogens is 258 g/mol. The van der Waals surface area contributed by atoms with Crippen LogP contribution in [-0.4, -0.2) is 27.8 Å². The topological polar surface area (TPSA) is 88.2 Å². The summed E-state index contributed by atoms with van der Waals surface area (Å²) in [5.74, 6) is 0.287. The van der Waals surface area contributed by atoms with Crippen LogP contribution in [0, 0.1) is 6.92 Å². The van der Waals surface area contributed by atoms with Crippen LogP contribution >= 0.6 is 0 Å². The number of hydrogen-bond donors (Lipinski definition) is 2. The molecule has 0 aliphatic heterocycles. The summed E-state index contributed by atoms with van der Waals surface area (Å²) in [6, 6.07) is 7.84. The average molecular weight is 275 g/mol. The van der Waals surface area contributed by atoms with Crippen LogP contribution in [0.2, 0.25) is 0 Å². The fourth-order valence-electron chi connectivity index (χ4n) is 1.82. The van der Waals surface area contributed by atoms with Crippen molar-refractivity contribution in [3.63, 3.8) is 0 Å². The molecule has 20 heavy (non-hydrogen) atoms. The molecule has 0 amide bonds. The number of aliphatic carboxylic acids is 1. The largest absolute Gasteiger partial charge is 0.481 e. The molecule has 0 saturated carbocycles. The van der Waals surface area contributed by atoms with Gasteiger partial charge >= 0.3 is 5.97 Å². The Bertz CT molecular complexity index is 581. The lowest BCUT2D eigenvalue weighted by Gasteiger charge is -1.99.